The van der Waals surface area contributed by atoms with E-state index in [4.69, 9.17) is 9.84 Å². The summed E-state index contributed by atoms with van der Waals surface area (Å²) in [5.41, 5.74) is 0. The molecule has 0 amide bonds. The van der Waals surface area contributed by atoms with Gasteiger partial charge in [0.1, 0.15) is 35.9 Å². The minimum absolute atomic E-state index is 0. The monoisotopic (exact) mass is 318 g/mol. The highest BCUT2D eigenvalue weighted by atomic mass is 35.5. The molecule has 1 rings (SSSR count). The molecule has 6 atom stereocenters. The largest absolute Gasteiger partial charge is 1.00 e. The van der Waals surface area contributed by atoms with Crippen LogP contribution < -0.4 is 12.4 Å². The first kappa shape index (κ1) is 19.4. The first-order chi connectivity index (χ1) is 8.54. The predicted molar refractivity (Wildman–Crippen MR) is 68.5 cm³/mol. The van der Waals surface area contributed by atoms with Gasteiger partial charge in [0.2, 0.25) is 0 Å². The molecule has 1 aliphatic rings. The van der Waals surface area contributed by atoms with Gasteiger partial charge < -0.3 is 42.7 Å². The van der Waals surface area contributed by atoms with Crippen LogP contribution >= 0.6 is 0 Å². The van der Waals surface area contributed by atoms with Crippen LogP contribution in [0.25, 0.3) is 0 Å². The molecule has 0 aromatic rings. The first-order valence-electron chi connectivity index (χ1n) is 6.08. The average Bonchev–Trinajstić information content (AvgIpc) is 2.61. The van der Waals surface area contributed by atoms with Crippen molar-refractivity contribution in [2.24, 2.45) is 0 Å². The van der Waals surface area contributed by atoms with Crippen molar-refractivity contribution in [3.63, 3.8) is 0 Å². The number of ether oxygens (including phenoxy) is 1. The van der Waals surface area contributed by atoms with Gasteiger partial charge in [0.25, 0.3) is 0 Å². The molecule has 0 saturated carbocycles. The minimum Gasteiger partial charge on any atom is -1.00 e. The summed E-state index contributed by atoms with van der Waals surface area (Å²) < 4.78 is 5.20. The van der Waals surface area contributed by atoms with Gasteiger partial charge >= 0.3 is 0 Å². The molecule has 0 aromatic carbocycles. The molecule has 0 spiro atoms. The van der Waals surface area contributed by atoms with Gasteiger partial charge in [-0.3, -0.25) is 0 Å². The Hall–Kier alpha value is 0.400. The summed E-state index contributed by atoms with van der Waals surface area (Å²) in [5.74, 6) is 0.679. The molecular formula is C11H23ClO6S. The van der Waals surface area contributed by atoms with Crippen molar-refractivity contribution in [1.29, 1.82) is 0 Å². The summed E-state index contributed by atoms with van der Waals surface area (Å²) in [5, 5.41) is 47.1. The molecule has 1 unspecified atom stereocenters. The summed E-state index contributed by atoms with van der Waals surface area (Å²) in [4.78, 5) is 0. The van der Waals surface area contributed by atoms with Crippen LogP contribution in [0.3, 0.4) is 0 Å². The molecular weight excluding hydrogens is 296 g/mol. The van der Waals surface area contributed by atoms with E-state index in [2.05, 4.69) is 0 Å². The Morgan fingerprint density at radius 1 is 1.32 bits per heavy atom. The summed E-state index contributed by atoms with van der Waals surface area (Å²) in [6.45, 7) is 1.68. The maximum absolute atomic E-state index is 9.96. The van der Waals surface area contributed by atoms with Crippen molar-refractivity contribution in [3.05, 3.63) is 0 Å². The zero-order valence-corrected chi connectivity index (χ0v) is 12.4. The van der Waals surface area contributed by atoms with Crippen molar-refractivity contribution in [3.8, 4) is 0 Å². The fraction of sp³-hybridized carbons (Fsp3) is 1.00. The van der Waals surface area contributed by atoms with E-state index in [0.717, 1.165) is 0 Å². The van der Waals surface area contributed by atoms with Gasteiger partial charge in [-0.15, -0.1) is 0 Å². The fourth-order valence-electron chi connectivity index (χ4n) is 2.12. The third-order valence-corrected chi connectivity index (χ3v) is 5.97. The van der Waals surface area contributed by atoms with Crippen molar-refractivity contribution < 1.29 is 42.7 Å². The van der Waals surface area contributed by atoms with Crippen molar-refractivity contribution in [2.45, 2.75) is 36.6 Å². The standard InChI is InChI=1S/C11H23O6S.ClH/c1-2-17-9(3-12)7(14)5-18-6-8(15)11(16)10(18)4-13;/h7-16H,2-6H2,1H3;1H/q+1;/p-1/t7-,8-,9+,10-,11+,18?;/m1./s1. The Morgan fingerprint density at radius 3 is 2.42 bits per heavy atom. The van der Waals surface area contributed by atoms with E-state index in [1.165, 1.54) is 0 Å². The molecule has 1 saturated heterocycles. The van der Waals surface area contributed by atoms with E-state index < -0.39 is 40.6 Å². The highest BCUT2D eigenvalue weighted by Gasteiger charge is 2.50. The van der Waals surface area contributed by atoms with Gasteiger partial charge in [0.05, 0.1) is 13.2 Å². The van der Waals surface area contributed by atoms with E-state index in [9.17, 15) is 20.4 Å². The molecule has 0 aliphatic carbocycles. The highest BCUT2D eigenvalue weighted by Crippen LogP contribution is 2.25. The Bertz CT molecular complexity index is 247. The lowest BCUT2D eigenvalue weighted by Gasteiger charge is -2.21. The molecule has 19 heavy (non-hydrogen) atoms. The predicted octanol–water partition coefficient (Wildman–Crippen LogP) is -5.54. The third-order valence-electron chi connectivity index (χ3n) is 3.14. The minimum atomic E-state index is -0.940. The Balaban J connectivity index is 0.00000324. The maximum atomic E-state index is 9.96. The molecule has 0 bridgehead atoms. The highest BCUT2D eigenvalue weighted by molar-refractivity contribution is 7.97. The van der Waals surface area contributed by atoms with E-state index in [1.54, 1.807) is 6.92 Å². The van der Waals surface area contributed by atoms with Crippen LogP contribution in [0.5, 0.6) is 0 Å². The maximum Gasteiger partial charge on any atom is 0.169 e. The van der Waals surface area contributed by atoms with Crippen LogP contribution in [-0.2, 0) is 15.6 Å². The number of hydrogen-bond acceptors (Lipinski definition) is 6. The zero-order chi connectivity index (χ0) is 13.7. The molecule has 0 radical (unpaired) electrons. The van der Waals surface area contributed by atoms with Gasteiger partial charge in [0.15, 0.2) is 5.25 Å². The van der Waals surface area contributed by atoms with Gasteiger partial charge in [-0.2, -0.15) is 0 Å². The van der Waals surface area contributed by atoms with Gasteiger partial charge in [0, 0.05) is 17.5 Å². The number of hydrogen-bond donors (Lipinski definition) is 5. The van der Waals surface area contributed by atoms with Crippen molar-refractivity contribution >= 4 is 10.9 Å². The van der Waals surface area contributed by atoms with Crippen molar-refractivity contribution in [1.82, 2.24) is 0 Å². The lowest BCUT2D eigenvalue weighted by molar-refractivity contribution is -0.0500. The second kappa shape index (κ2) is 9.36. The molecule has 0 aromatic heterocycles. The van der Waals surface area contributed by atoms with E-state index >= 15 is 0 Å². The fourth-order valence-corrected chi connectivity index (χ4v) is 4.82. The molecule has 5 N–H and O–H groups in total. The smallest absolute Gasteiger partial charge is 0.169 e. The molecule has 1 fully saturated rings. The van der Waals surface area contributed by atoms with E-state index in [-0.39, 0.29) is 25.6 Å². The Morgan fingerprint density at radius 2 is 1.95 bits per heavy atom. The molecule has 6 nitrogen and oxygen atoms in total. The lowest BCUT2D eigenvalue weighted by Crippen LogP contribution is -3.00. The normalized spacial score (nSPS) is 33.8. The van der Waals surface area contributed by atoms with Gasteiger partial charge in [-0.1, -0.05) is 0 Å². The zero-order valence-electron chi connectivity index (χ0n) is 10.9. The Labute approximate surface area is 122 Å². The van der Waals surface area contributed by atoms with Crippen LogP contribution in [0.2, 0.25) is 0 Å². The first-order valence-corrected chi connectivity index (χ1v) is 7.71. The molecule has 116 valence electrons. The number of halogens is 1. The number of aliphatic hydroxyl groups is 5. The van der Waals surface area contributed by atoms with Gasteiger partial charge in [-0.05, 0) is 6.92 Å². The Kier molecular flexibility index (Phi) is 9.55. The topological polar surface area (TPSA) is 110 Å². The molecule has 8 heteroatoms. The van der Waals surface area contributed by atoms with Crippen LogP contribution in [0, 0.1) is 0 Å². The summed E-state index contributed by atoms with van der Waals surface area (Å²) in [6, 6.07) is 0. The average molecular weight is 319 g/mol. The van der Waals surface area contributed by atoms with Gasteiger partial charge in [-0.25, -0.2) is 0 Å². The molecule has 1 heterocycles. The lowest BCUT2D eigenvalue weighted by atomic mass is 10.2. The third kappa shape index (κ3) is 5.02. The number of rotatable bonds is 7. The van der Waals surface area contributed by atoms with Crippen LogP contribution in [0.4, 0.5) is 0 Å². The number of aliphatic hydroxyl groups excluding tert-OH is 5. The van der Waals surface area contributed by atoms with Crippen LogP contribution in [0.15, 0.2) is 0 Å². The van der Waals surface area contributed by atoms with E-state index in [0.29, 0.717) is 18.1 Å². The van der Waals surface area contributed by atoms with Crippen LogP contribution in [-0.4, -0.2) is 86.5 Å². The SMILES string of the molecule is CCO[C@@H](CO)[C@H](O)C[S+]1C[C@@H](O)[C@H](O)[C@H]1CO.[Cl-]. The second-order valence-corrected chi connectivity index (χ2v) is 6.74. The van der Waals surface area contributed by atoms with Crippen LogP contribution in [0.1, 0.15) is 6.92 Å². The second-order valence-electron chi connectivity index (χ2n) is 4.39. The quantitative estimate of drug-likeness (QED) is 0.300. The summed E-state index contributed by atoms with van der Waals surface area (Å²) in [7, 11) is -0.472. The summed E-state index contributed by atoms with van der Waals surface area (Å²) in [6.07, 6.45) is -3.30. The van der Waals surface area contributed by atoms with E-state index in [1.807, 2.05) is 0 Å². The molecule has 1 aliphatic heterocycles. The van der Waals surface area contributed by atoms with Crippen molar-refractivity contribution in [2.75, 3.05) is 31.3 Å². The summed E-state index contributed by atoms with van der Waals surface area (Å²) >= 11 is 0.